The van der Waals surface area contributed by atoms with Crippen molar-refractivity contribution < 1.29 is 9.53 Å². The molecule has 2 aliphatic rings. The Labute approximate surface area is 138 Å². The van der Waals surface area contributed by atoms with E-state index in [1.54, 1.807) is 0 Å². The van der Waals surface area contributed by atoms with Crippen LogP contribution < -0.4 is 10.6 Å². The number of benzene rings is 1. The monoisotopic (exact) mass is 317 g/mol. The average Bonchev–Trinajstić information content (AvgIpc) is 3.23. The van der Waals surface area contributed by atoms with E-state index in [0.29, 0.717) is 13.1 Å². The van der Waals surface area contributed by atoms with Crippen molar-refractivity contribution in [3.8, 4) is 0 Å². The Kier molecular flexibility index (Phi) is 4.76. The number of hydrogen-bond acceptors (Lipinski definition) is 4. The first kappa shape index (κ1) is 16.1. The maximum absolute atomic E-state index is 12.7. The lowest BCUT2D eigenvalue weighted by Gasteiger charge is -2.28. The second-order valence-electron chi connectivity index (χ2n) is 6.91. The van der Waals surface area contributed by atoms with Crippen LogP contribution in [0.15, 0.2) is 18.2 Å². The van der Waals surface area contributed by atoms with Crippen LogP contribution in [0.25, 0.3) is 0 Å². The molecule has 126 valence electrons. The summed E-state index contributed by atoms with van der Waals surface area (Å²) in [5.74, 6) is 0.493. The van der Waals surface area contributed by atoms with Gasteiger partial charge < -0.3 is 20.3 Å². The summed E-state index contributed by atoms with van der Waals surface area (Å²) in [4.78, 5) is 16.7. The van der Waals surface area contributed by atoms with Crippen LogP contribution in [0.4, 0.5) is 11.4 Å². The molecule has 3 rings (SSSR count). The molecule has 1 aliphatic heterocycles. The summed E-state index contributed by atoms with van der Waals surface area (Å²) in [6, 6.07) is 5.92. The van der Waals surface area contributed by atoms with Crippen LogP contribution in [-0.2, 0) is 16.1 Å². The van der Waals surface area contributed by atoms with Crippen LogP contribution in [-0.4, -0.2) is 44.2 Å². The van der Waals surface area contributed by atoms with Gasteiger partial charge in [-0.25, -0.2) is 0 Å². The largest absolute Gasteiger partial charge is 0.399 e. The number of carbonyl (C=O) groups excluding carboxylic acids is 1. The van der Waals surface area contributed by atoms with Crippen molar-refractivity contribution in [1.29, 1.82) is 0 Å². The Morgan fingerprint density at radius 2 is 2.09 bits per heavy atom. The van der Waals surface area contributed by atoms with Gasteiger partial charge in [0.05, 0.1) is 6.10 Å². The molecule has 1 heterocycles. The van der Waals surface area contributed by atoms with Crippen molar-refractivity contribution >= 4 is 17.3 Å². The first-order valence-electron chi connectivity index (χ1n) is 8.50. The lowest BCUT2D eigenvalue weighted by atomic mass is 10.1. The van der Waals surface area contributed by atoms with Crippen molar-refractivity contribution in [3.63, 3.8) is 0 Å². The van der Waals surface area contributed by atoms with E-state index in [-0.39, 0.29) is 17.9 Å². The number of nitrogen functional groups attached to an aromatic ring is 1. The highest BCUT2D eigenvalue weighted by atomic mass is 16.5. The fourth-order valence-corrected chi connectivity index (χ4v) is 3.23. The van der Waals surface area contributed by atoms with Crippen molar-refractivity contribution in [2.24, 2.45) is 5.92 Å². The van der Waals surface area contributed by atoms with Gasteiger partial charge in [0.1, 0.15) is 0 Å². The van der Waals surface area contributed by atoms with Crippen molar-refractivity contribution in [3.05, 3.63) is 23.8 Å². The maximum Gasteiger partial charge on any atom is 0.226 e. The molecule has 5 heteroatoms. The molecule has 0 radical (unpaired) electrons. The Morgan fingerprint density at radius 1 is 1.30 bits per heavy atom. The molecule has 1 aliphatic carbocycles. The number of nitrogens with zero attached hydrogens (tertiary/aromatic N) is 2. The summed E-state index contributed by atoms with van der Waals surface area (Å²) in [6.07, 6.45) is 4.38. The number of rotatable bonds is 6. The third kappa shape index (κ3) is 3.96. The molecule has 23 heavy (non-hydrogen) atoms. The lowest BCUT2D eigenvalue weighted by molar-refractivity contribution is -0.134. The summed E-state index contributed by atoms with van der Waals surface area (Å²) in [7, 11) is 4.03. The number of nitrogens with two attached hydrogens (primary N) is 1. The predicted octanol–water partition coefficient (Wildman–Crippen LogP) is 2.25. The third-order valence-electron chi connectivity index (χ3n) is 4.63. The van der Waals surface area contributed by atoms with Gasteiger partial charge in [-0.15, -0.1) is 0 Å². The zero-order chi connectivity index (χ0) is 16.4. The number of ether oxygens (including phenoxy) is 1. The Hall–Kier alpha value is -1.75. The van der Waals surface area contributed by atoms with E-state index in [0.717, 1.165) is 49.2 Å². The van der Waals surface area contributed by atoms with Crippen LogP contribution in [0.2, 0.25) is 0 Å². The maximum atomic E-state index is 12.7. The highest BCUT2D eigenvalue weighted by Gasteiger charge is 2.35. The number of hydrogen-bond donors (Lipinski definition) is 1. The first-order valence-corrected chi connectivity index (χ1v) is 8.50. The smallest absolute Gasteiger partial charge is 0.226 e. The topological polar surface area (TPSA) is 58.8 Å². The minimum atomic E-state index is 0.182. The molecular formula is C18H27N3O2. The number of anilines is 2. The zero-order valence-corrected chi connectivity index (χ0v) is 14.1. The highest BCUT2D eigenvalue weighted by Crippen LogP contribution is 2.33. The number of amides is 1. The molecule has 1 atom stereocenters. The second-order valence-corrected chi connectivity index (χ2v) is 6.91. The van der Waals surface area contributed by atoms with E-state index in [1.807, 2.05) is 37.2 Å². The van der Waals surface area contributed by atoms with Crippen molar-refractivity contribution in [1.82, 2.24) is 4.90 Å². The lowest BCUT2D eigenvalue weighted by Crippen LogP contribution is -2.38. The highest BCUT2D eigenvalue weighted by molar-refractivity contribution is 5.81. The predicted molar refractivity (Wildman–Crippen MR) is 92.3 cm³/mol. The number of carbonyl (C=O) groups is 1. The van der Waals surface area contributed by atoms with Crippen molar-refractivity contribution in [2.75, 3.05) is 37.9 Å². The summed E-state index contributed by atoms with van der Waals surface area (Å²) >= 11 is 0. The van der Waals surface area contributed by atoms with Crippen LogP contribution in [0.5, 0.6) is 0 Å². The van der Waals surface area contributed by atoms with Crippen LogP contribution >= 0.6 is 0 Å². The van der Waals surface area contributed by atoms with Crippen LogP contribution in [0, 0.1) is 5.92 Å². The van der Waals surface area contributed by atoms with E-state index < -0.39 is 0 Å². The molecule has 0 bridgehead atoms. The SMILES string of the molecule is CN(C)c1ccc(N)cc1CN(C[C@@H]1CCCO1)C(=O)C1CC1. The fraction of sp³-hybridized carbons (Fsp3) is 0.611. The van der Waals surface area contributed by atoms with Gasteiger partial charge in [0.15, 0.2) is 0 Å². The van der Waals surface area contributed by atoms with Gasteiger partial charge in [-0.1, -0.05) is 0 Å². The molecular weight excluding hydrogens is 290 g/mol. The van der Waals surface area contributed by atoms with Gasteiger partial charge in [0.25, 0.3) is 0 Å². The van der Waals surface area contributed by atoms with Gasteiger partial charge >= 0.3 is 0 Å². The summed E-state index contributed by atoms with van der Waals surface area (Å²) < 4.78 is 5.74. The Bertz CT molecular complexity index is 563. The van der Waals surface area contributed by atoms with E-state index in [2.05, 4.69) is 4.90 Å². The molecule has 0 spiro atoms. The van der Waals surface area contributed by atoms with Gasteiger partial charge in [-0.05, 0) is 49.4 Å². The quantitative estimate of drug-likeness (QED) is 0.818. The third-order valence-corrected chi connectivity index (χ3v) is 4.63. The summed E-state index contributed by atoms with van der Waals surface area (Å²) in [5, 5.41) is 0. The van der Waals surface area contributed by atoms with Gasteiger partial charge in [0, 0.05) is 51.1 Å². The molecule has 2 fully saturated rings. The minimum Gasteiger partial charge on any atom is -0.399 e. The van der Waals surface area contributed by atoms with Crippen molar-refractivity contribution in [2.45, 2.75) is 38.3 Å². The standard InChI is InChI=1S/C18H27N3O2/c1-20(2)17-8-7-15(19)10-14(17)11-21(18(22)13-5-6-13)12-16-4-3-9-23-16/h7-8,10,13,16H,3-6,9,11-12,19H2,1-2H3/t16-/m0/s1. The average molecular weight is 317 g/mol. The minimum absolute atomic E-state index is 0.182. The molecule has 1 saturated carbocycles. The molecule has 1 saturated heterocycles. The van der Waals surface area contributed by atoms with E-state index in [4.69, 9.17) is 10.5 Å². The summed E-state index contributed by atoms with van der Waals surface area (Å²) in [6.45, 7) is 2.11. The van der Waals surface area contributed by atoms with Crippen LogP contribution in [0.3, 0.4) is 0 Å². The van der Waals surface area contributed by atoms with Gasteiger partial charge in [-0.2, -0.15) is 0 Å². The molecule has 0 aromatic heterocycles. The van der Waals surface area contributed by atoms with Gasteiger partial charge in [0.2, 0.25) is 5.91 Å². The normalized spacial score (nSPS) is 20.5. The summed E-state index contributed by atoms with van der Waals surface area (Å²) in [5.41, 5.74) is 8.92. The van der Waals surface area contributed by atoms with E-state index >= 15 is 0 Å². The van der Waals surface area contributed by atoms with Gasteiger partial charge in [-0.3, -0.25) is 4.79 Å². The Morgan fingerprint density at radius 3 is 2.70 bits per heavy atom. The Balaban J connectivity index is 1.79. The first-order chi connectivity index (χ1) is 11.0. The second kappa shape index (κ2) is 6.79. The molecule has 1 aromatic carbocycles. The molecule has 0 unspecified atom stereocenters. The molecule has 1 aromatic rings. The molecule has 2 N–H and O–H groups in total. The van der Waals surface area contributed by atoms with E-state index in [1.165, 1.54) is 0 Å². The fourth-order valence-electron chi connectivity index (χ4n) is 3.23. The molecule has 1 amide bonds. The van der Waals surface area contributed by atoms with Crippen LogP contribution in [0.1, 0.15) is 31.2 Å². The molecule has 5 nitrogen and oxygen atoms in total. The van der Waals surface area contributed by atoms with E-state index in [9.17, 15) is 4.79 Å². The zero-order valence-electron chi connectivity index (χ0n) is 14.1.